The van der Waals surface area contributed by atoms with E-state index in [0.717, 1.165) is 9.13 Å². The zero-order valence-electron chi connectivity index (χ0n) is 9.81. The number of hydrogen-bond acceptors (Lipinski definition) is 3. The third kappa shape index (κ3) is 5.21. The van der Waals surface area contributed by atoms with E-state index in [2.05, 4.69) is 27.3 Å². The first kappa shape index (κ1) is 15.2. The Kier molecular flexibility index (Phi) is 5.39. The molecule has 1 rings (SSSR count). The van der Waals surface area contributed by atoms with Gasteiger partial charge in [-0.2, -0.15) is 0 Å². The van der Waals surface area contributed by atoms with Crippen molar-refractivity contribution in [2.24, 2.45) is 0 Å². The zero-order valence-corrected chi connectivity index (χ0v) is 12.8. The molecule has 0 saturated carbocycles. The summed E-state index contributed by atoms with van der Waals surface area (Å²) in [5.41, 5.74) is 1.57. The standard InChI is InChI=1S/C11H14INO4S/c1-8-4-5-9(7-10(8)12)13-18(16,17)6-2-3-11(14)15/h4-5,7,13H,2-3,6H2,1H3,(H,14,15). The minimum absolute atomic E-state index is 0.105. The van der Waals surface area contributed by atoms with E-state index in [0.29, 0.717) is 5.69 Å². The van der Waals surface area contributed by atoms with Crippen LogP contribution in [0.3, 0.4) is 0 Å². The molecule has 0 aliphatic heterocycles. The van der Waals surface area contributed by atoms with Gasteiger partial charge in [0.25, 0.3) is 0 Å². The summed E-state index contributed by atoms with van der Waals surface area (Å²) in [6, 6.07) is 5.26. The minimum Gasteiger partial charge on any atom is -0.481 e. The maximum atomic E-state index is 11.7. The van der Waals surface area contributed by atoms with Gasteiger partial charge >= 0.3 is 5.97 Å². The van der Waals surface area contributed by atoms with Crippen molar-refractivity contribution >= 4 is 44.3 Å². The van der Waals surface area contributed by atoms with E-state index in [1.54, 1.807) is 12.1 Å². The van der Waals surface area contributed by atoms with Gasteiger partial charge in [0.05, 0.1) is 5.75 Å². The van der Waals surface area contributed by atoms with Crippen molar-refractivity contribution in [2.75, 3.05) is 10.5 Å². The number of carbonyl (C=O) groups is 1. The molecule has 0 aliphatic rings. The van der Waals surface area contributed by atoms with Crippen LogP contribution in [0.1, 0.15) is 18.4 Å². The third-order valence-electron chi connectivity index (χ3n) is 2.25. The van der Waals surface area contributed by atoms with Gasteiger partial charge in [-0.1, -0.05) is 6.07 Å². The molecular weight excluding hydrogens is 369 g/mol. The summed E-state index contributed by atoms with van der Waals surface area (Å²) in [5.74, 6) is -1.18. The molecule has 0 heterocycles. The summed E-state index contributed by atoms with van der Waals surface area (Å²) < 4.78 is 26.7. The maximum Gasteiger partial charge on any atom is 0.303 e. The van der Waals surface area contributed by atoms with Crippen molar-refractivity contribution in [2.45, 2.75) is 19.8 Å². The molecule has 0 amide bonds. The lowest BCUT2D eigenvalue weighted by Gasteiger charge is -2.08. The van der Waals surface area contributed by atoms with Crippen LogP contribution in [0.15, 0.2) is 18.2 Å². The Hall–Kier alpha value is -0.830. The van der Waals surface area contributed by atoms with Crippen LogP contribution in [-0.2, 0) is 14.8 Å². The molecule has 18 heavy (non-hydrogen) atoms. The fourth-order valence-electron chi connectivity index (χ4n) is 1.30. The summed E-state index contributed by atoms with van der Waals surface area (Å²) in [5, 5.41) is 8.45. The lowest BCUT2D eigenvalue weighted by atomic mass is 10.2. The highest BCUT2D eigenvalue weighted by molar-refractivity contribution is 14.1. The second-order valence-corrected chi connectivity index (χ2v) is 6.89. The summed E-state index contributed by atoms with van der Waals surface area (Å²) in [6.07, 6.45) is -0.0417. The zero-order chi connectivity index (χ0) is 13.8. The van der Waals surface area contributed by atoms with Gasteiger partial charge in [-0.15, -0.1) is 0 Å². The van der Waals surface area contributed by atoms with Gasteiger partial charge in [-0.05, 0) is 53.6 Å². The van der Waals surface area contributed by atoms with Crippen molar-refractivity contribution in [3.05, 3.63) is 27.3 Å². The lowest BCUT2D eigenvalue weighted by Crippen LogP contribution is -2.17. The first-order valence-electron chi connectivity index (χ1n) is 5.28. The van der Waals surface area contributed by atoms with Crippen molar-refractivity contribution in [3.63, 3.8) is 0 Å². The van der Waals surface area contributed by atoms with Gasteiger partial charge in [-0.25, -0.2) is 8.42 Å². The number of rotatable bonds is 6. The number of benzene rings is 1. The molecule has 100 valence electrons. The van der Waals surface area contributed by atoms with Crippen LogP contribution in [0, 0.1) is 10.5 Å². The number of halogens is 1. The molecule has 0 aromatic heterocycles. The van der Waals surface area contributed by atoms with E-state index in [-0.39, 0.29) is 18.6 Å². The van der Waals surface area contributed by atoms with Crippen LogP contribution < -0.4 is 4.72 Å². The number of hydrogen-bond donors (Lipinski definition) is 2. The van der Waals surface area contributed by atoms with Crippen molar-refractivity contribution in [1.82, 2.24) is 0 Å². The smallest absolute Gasteiger partial charge is 0.303 e. The third-order valence-corrected chi connectivity index (χ3v) is 4.78. The van der Waals surface area contributed by atoms with E-state index >= 15 is 0 Å². The molecular formula is C11H14INO4S. The first-order chi connectivity index (χ1) is 8.30. The lowest BCUT2D eigenvalue weighted by molar-refractivity contribution is -0.137. The monoisotopic (exact) mass is 383 g/mol. The fourth-order valence-corrected chi connectivity index (χ4v) is 2.93. The molecule has 2 N–H and O–H groups in total. The SMILES string of the molecule is Cc1ccc(NS(=O)(=O)CCCC(=O)O)cc1I. The molecule has 0 spiro atoms. The number of aliphatic carboxylic acids is 1. The molecule has 0 radical (unpaired) electrons. The molecule has 0 aliphatic carbocycles. The number of aryl methyl sites for hydroxylation is 1. The van der Waals surface area contributed by atoms with Crippen LogP contribution >= 0.6 is 22.6 Å². The van der Waals surface area contributed by atoms with Gasteiger partial charge in [0.2, 0.25) is 10.0 Å². The number of anilines is 1. The molecule has 1 aromatic carbocycles. The van der Waals surface area contributed by atoms with Crippen LogP contribution in [-0.4, -0.2) is 25.2 Å². The number of carboxylic acids is 1. The molecule has 7 heteroatoms. The van der Waals surface area contributed by atoms with Crippen LogP contribution in [0.25, 0.3) is 0 Å². The molecule has 0 unspecified atom stereocenters. The maximum absolute atomic E-state index is 11.7. The van der Waals surface area contributed by atoms with E-state index in [1.165, 1.54) is 0 Å². The normalized spacial score (nSPS) is 11.2. The minimum atomic E-state index is -3.48. The fraction of sp³-hybridized carbons (Fsp3) is 0.364. The molecule has 1 aromatic rings. The number of nitrogens with one attached hydrogen (secondary N) is 1. The predicted octanol–water partition coefficient (Wildman–Crippen LogP) is 2.21. The molecule has 5 nitrogen and oxygen atoms in total. The van der Waals surface area contributed by atoms with E-state index < -0.39 is 16.0 Å². The van der Waals surface area contributed by atoms with E-state index in [1.807, 2.05) is 13.0 Å². The van der Waals surface area contributed by atoms with E-state index in [9.17, 15) is 13.2 Å². The average molecular weight is 383 g/mol. The predicted molar refractivity (Wildman–Crippen MR) is 78.2 cm³/mol. The Morgan fingerprint density at radius 1 is 1.44 bits per heavy atom. The van der Waals surface area contributed by atoms with Crippen molar-refractivity contribution in [3.8, 4) is 0 Å². The van der Waals surface area contributed by atoms with E-state index in [4.69, 9.17) is 5.11 Å². The Bertz CT molecular complexity index is 542. The average Bonchev–Trinajstić information content (AvgIpc) is 2.22. The summed E-state index contributed by atoms with van der Waals surface area (Å²) in [6.45, 7) is 1.94. The Morgan fingerprint density at radius 3 is 2.67 bits per heavy atom. The molecule has 0 atom stereocenters. The first-order valence-corrected chi connectivity index (χ1v) is 8.02. The number of sulfonamides is 1. The Labute approximate surface area is 120 Å². The second kappa shape index (κ2) is 6.37. The quantitative estimate of drug-likeness (QED) is 0.738. The summed E-state index contributed by atoms with van der Waals surface area (Å²) in [4.78, 5) is 10.3. The molecule has 0 fully saturated rings. The van der Waals surface area contributed by atoms with Crippen LogP contribution in [0.4, 0.5) is 5.69 Å². The highest BCUT2D eigenvalue weighted by atomic mass is 127. The highest BCUT2D eigenvalue weighted by Crippen LogP contribution is 2.18. The van der Waals surface area contributed by atoms with Gasteiger partial charge < -0.3 is 5.11 Å². The summed E-state index contributed by atoms with van der Waals surface area (Å²) in [7, 11) is -3.48. The number of carboxylic acid groups (broad SMARTS) is 1. The van der Waals surface area contributed by atoms with Crippen LogP contribution in [0.2, 0.25) is 0 Å². The highest BCUT2D eigenvalue weighted by Gasteiger charge is 2.11. The van der Waals surface area contributed by atoms with Gasteiger partial charge in [-0.3, -0.25) is 9.52 Å². The van der Waals surface area contributed by atoms with Gasteiger partial charge in [0.1, 0.15) is 0 Å². The molecule has 0 saturated heterocycles. The van der Waals surface area contributed by atoms with Crippen molar-refractivity contribution in [1.29, 1.82) is 0 Å². The Balaban J connectivity index is 2.64. The second-order valence-electron chi connectivity index (χ2n) is 3.88. The van der Waals surface area contributed by atoms with Gasteiger partial charge in [0.15, 0.2) is 0 Å². The topological polar surface area (TPSA) is 83.5 Å². The molecule has 0 bridgehead atoms. The van der Waals surface area contributed by atoms with Crippen molar-refractivity contribution < 1.29 is 18.3 Å². The Morgan fingerprint density at radius 2 is 2.11 bits per heavy atom. The largest absolute Gasteiger partial charge is 0.481 e. The van der Waals surface area contributed by atoms with Crippen LogP contribution in [0.5, 0.6) is 0 Å². The van der Waals surface area contributed by atoms with Gasteiger partial charge in [0, 0.05) is 15.7 Å². The summed E-state index contributed by atoms with van der Waals surface area (Å²) >= 11 is 2.13.